The van der Waals surface area contributed by atoms with Gasteiger partial charge in [0.25, 0.3) is 0 Å². The van der Waals surface area contributed by atoms with E-state index in [1.807, 2.05) is 0 Å². The molecular formula is C19H31N. The maximum Gasteiger partial charge on any atom is 0.0374 e. The second-order valence-electron chi connectivity index (χ2n) is 8.16. The summed E-state index contributed by atoms with van der Waals surface area (Å²) in [5.74, 6) is 0. The first kappa shape index (κ1) is 15.4. The van der Waals surface area contributed by atoms with Crippen molar-refractivity contribution in [1.29, 1.82) is 0 Å². The Morgan fingerprint density at radius 3 is 2.25 bits per heavy atom. The number of rotatable bonds is 4. The quantitative estimate of drug-likeness (QED) is 0.746. The molecule has 20 heavy (non-hydrogen) atoms. The number of para-hydroxylation sites is 1. The summed E-state index contributed by atoms with van der Waals surface area (Å²) in [5.41, 5.74) is 3.71. The zero-order valence-electron chi connectivity index (χ0n) is 13.9. The Labute approximate surface area is 125 Å². The van der Waals surface area contributed by atoms with Gasteiger partial charge in [0.2, 0.25) is 0 Å². The maximum absolute atomic E-state index is 3.85. The molecule has 1 N–H and O–H groups in total. The SMILES string of the molecule is CCCc1ccccc1NC1CC(C)(C)CC(C)(C)C1. The normalized spacial score (nSPS) is 21.6. The molecule has 0 radical (unpaired) electrons. The fourth-order valence-corrected chi connectivity index (χ4v) is 4.32. The van der Waals surface area contributed by atoms with Gasteiger partial charge in [-0.2, -0.15) is 0 Å². The summed E-state index contributed by atoms with van der Waals surface area (Å²) in [6.45, 7) is 11.9. The third-order valence-corrected chi connectivity index (χ3v) is 4.45. The van der Waals surface area contributed by atoms with Gasteiger partial charge in [0.1, 0.15) is 0 Å². The molecule has 112 valence electrons. The molecule has 1 aliphatic carbocycles. The van der Waals surface area contributed by atoms with Crippen LogP contribution in [0.2, 0.25) is 0 Å². The van der Waals surface area contributed by atoms with E-state index in [-0.39, 0.29) is 0 Å². The van der Waals surface area contributed by atoms with Crippen LogP contribution in [-0.2, 0) is 6.42 Å². The highest BCUT2D eigenvalue weighted by Crippen LogP contribution is 2.46. The number of nitrogens with one attached hydrogen (secondary N) is 1. The fraction of sp³-hybridized carbons (Fsp3) is 0.684. The molecule has 1 heteroatoms. The first-order valence-corrected chi connectivity index (χ1v) is 8.16. The van der Waals surface area contributed by atoms with Gasteiger partial charge in [0.15, 0.2) is 0 Å². The molecule has 0 unspecified atom stereocenters. The molecule has 0 heterocycles. The van der Waals surface area contributed by atoms with Crippen molar-refractivity contribution in [2.75, 3.05) is 5.32 Å². The average Bonchev–Trinajstić information content (AvgIpc) is 2.27. The van der Waals surface area contributed by atoms with Crippen molar-refractivity contribution in [2.24, 2.45) is 10.8 Å². The Morgan fingerprint density at radius 2 is 1.65 bits per heavy atom. The second-order valence-corrected chi connectivity index (χ2v) is 8.16. The summed E-state index contributed by atoms with van der Waals surface area (Å²) in [6, 6.07) is 9.43. The van der Waals surface area contributed by atoms with E-state index in [1.165, 1.54) is 43.4 Å². The molecule has 0 atom stereocenters. The first-order chi connectivity index (χ1) is 9.31. The number of benzene rings is 1. The van der Waals surface area contributed by atoms with Gasteiger partial charge in [-0.25, -0.2) is 0 Å². The third kappa shape index (κ3) is 4.01. The van der Waals surface area contributed by atoms with E-state index in [2.05, 4.69) is 64.2 Å². The molecule has 0 saturated heterocycles. The summed E-state index contributed by atoms with van der Waals surface area (Å²) in [7, 11) is 0. The summed E-state index contributed by atoms with van der Waals surface area (Å²) < 4.78 is 0. The monoisotopic (exact) mass is 273 g/mol. The van der Waals surface area contributed by atoms with Crippen molar-refractivity contribution in [1.82, 2.24) is 0 Å². The molecule has 1 fully saturated rings. The molecule has 0 aromatic heterocycles. The van der Waals surface area contributed by atoms with Crippen LogP contribution < -0.4 is 5.32 Å². The van der Waals surface area contributed by atoms with Gasteiger partial charge in [-0.15, -0.1) is 0 Å². The molecule has 1 saturated carbocycles. The maximum atomic E-state index is 3.85. The van der Waals surface area contributed by atoms with Crippen LogP contribution in [0.3, 0.4) is 0 Å². The number of aryl methyl sites for hydroxylation is 1. The van der Waals surface area contributed by atoms with E-state index in [1.54, 1.807) is 0 Å². The lowest BCUT2D eigenvalue weighted by molar-refractivity contribution is 0.105. The highest BCUT2D eigenvalue weighted by atomic mass is 14.9. The lowest BCUT2D eigenvalue weighted by Crippen LogP contribution is -2.40. The van der Waals surface area contributed by atoms with Crippen molar-refractivity contribution in [3.8, 4) is 0 Å². The molecule has 2 rings (SSSR count). The van der Waals surface area contributed by atoms with Crippen LogP contribution in [0.1, 0.15) is 65.9 Å². The summed E-state index contributed by atoms with van der Waals surface area (Å²) >= 11 is 0. The molecule has 0 amide bonds. The Balaban J connectivity index is 2.13. The predicted octanol–water partition coefficient (Wildman–Crippen LogP) is 5.66. The van der Waals surface area contributed by atoms with Gasteiger partial charge >= 0.3 is 0 Å². The Morgan fingerprint density at radius 1 is 1.05 bits per heavy atom. The van der Waals surface area contributed by atoms with E-state index >= 15 is 0 Å². The van der Waals surface area contributed by atoms with E-state index in [9.17, 15) is 0 Å². The summed E-state index contributed by atoms with van der Waals surface area (Å²) in [5, 5.41) is 3.85. The first-order valence-electron chi connectivity index (χ1n) is 8.16. The molecule has 1 aromatic rings. The van der Waals surface area contributed by atoms with Gasteiger partial charge in [-0.05, 0) is 48.1 Å². The van der Waals surface area contributed by atoms with Crippen LogP contribution in [0.25, 0.3) is 0 Å². The molecule has 0 bridgehead atoms. The van der Waals surface area contributed by atoms with Crippen LogP contribution in [0.5, 0.6) is 0 Å². The average molecular weight is 273 g/mol. The molecule has 0 aliphatic heterocycles. The van der Waals surface area contributed by atoms with Crippen molar-refractivity contribution in [3.63, 3.8) is 0 Å². The second kappa shape index (κ2) is 5.79. The van der Waals surface area contributed by atoms with Crippen molar-refractivity contribution < 1.29 is 0 Å². The minimum Gasteiger partial charge on any atom is -0.382 e. The Hall–Kier alpha value is -0.980. The zero-order valence-corrected chi connectivity index (χ0v) is 13.9. The van der Waals surface area contributed by atoms with Gasteiger partial charge in [0.05, 0.1) is 0 Å². The minimum absolute atomic E-state index is 0.444. The van der Waals surface area contributed by atoms with E-state index in [0.717, 1.165) is 0 Å². The van der Waals surface area contributed by atoms with Crippen molar-refractivity contribution in [2.45, 2.75) is 72.8 Å². The topological polar surface area (TPSA) is 12.0 Å². The molecule has 1 aliphatic rings. The van der Waals surface area contributed by atoms with Crippen LogP contribution in [0.15, 0.2) is 24.3 Å². The van der Waals surface area contributed by atoms with Gasteiger partial charge in [-0.3, -0.25) is 0 Å². The van der Waals surface area contributed by atoms with Crippen molar-refractivity contribution >= 4 is 5.69 Å². The van der Waals surface area contributed by atoms with E-state index in [4.69, 9.17) is 0 Å². The summed E-state index contributed by atoms with van der Waals surface area (Å²) in [6.07, 6.45) is 6.26. The van der Waals surface area contributed by atoms with Crippen LogP contribution in [-0.4, -0.2) is 6.04 Å². The molecule has 1 nitrogen and oxygen atoms in total. The zero-order chi connectivity index (χ0) is 14.8. The number of hydrogen-bond donors (Lipinski definition) is 1. The Kier molecular flexibility index (Phi) is 4.46. The lowest BCUT2D eigenvalue weighted by Gasteiger charge is -2.45. The largest absolute Gasteiger partial charge is 0.382 e. The van der Waals surface area contributed by atoms with Crippen LogP contribution in [0.4, 0.5) is 5.69 Å². The molecule has 0 spiro atoms. The van der Waals surface area contributed by atoms with Crippen LogP contribution in [0, 0.1) is 10.8 Å². The van der Waals surface area contributed by atoms with Gasteiger partial charge in [0, 0.05) is 11.7 Å². The predicted molar refractivity (Wildman–Crippen MR) is 89.3 cm³/mol. The fourth-order valence-electron chi connectivity index (χ4n) is 4.32. The molecular weight excluding hydrogens is 242 g/mol. The smallest absolute Gasteiger partial charge is 0.0374 e. The lowest BCUT2D eigenvalue weighted by atomic mass is 9.63. The van der Waals surface area contributed by atoms with Gasteiger partial charge < -0.3 is 5.32 Å². The third-order valence-electron chi connectivity index (χ3n) is 4.45. The highest BCUT2D eigenvalue weighted by molar-refractivity contribution is 5.52. The summed E-state index contributed by atoms with van der Waals surface area (Å²) in [4.78, 5) is 0. The van der Waals surface area contributed by atoms with E-state index in [0.29, 0.717) is 16.9 Å². The highest BCUT2D eigenvalue weighted by Gasteiger charge is 2.38. The van der Waals surface area contributed by atoms with Crippen molar-refractivity contribution in [3.05, 3.63) is 29.8 Å². The Bertz CT molecular complexity index is 429. The minimum atomic E-state index is 0.444. The van der Waals surface area contributed by atoms with E-state index < -0.39 is 0 Å². The van der Waals surface area contributed by atoms with Crippen LogP contribution >= 0.6 is 0 Å². The number of hydrogen-bond acceptors (Lipinski definition) is 1. The molecule has 1 aromatic carbocycles. The number of anilines is 1. The van der Waals surface area contributed by atoms with Gasteiger partial charge in [-0.1, -0.05) is 59.2 Å². The standard InChI is InChI=1S/C19H31N/c1-6-9-15-10-7-8-11-17(15)20-16-12-18(2,3)14-19(4,5)13-16/h7-8,10-11,16,20H,6,9,12-14H2,1-5H3.